The van der Waals surface area contributed by atoms with E-state index in [4.69, 9.17) is 10.5 Å². The highest BCUT2D eigenvalue weighted by Gasteiger charge is 2.27. The lowest BCUT2D eigenvalue weighted by Gasteiger charge is -2.07. The van der Waals surface area contributed by atoms with Gasteiger partial charge in [0, 0.05) is 30.1 Å². The Bertz CT molecular complexity index is 524. The van der Waals surface area contributed by atoms with Crippen LogP contribution in [0, 0.1) is 0 Å². The second-order valence-corrected chi connectivity index (χ2v) is 4.06. The number of benzene rings is 1. The number of para-hydroxylation sites is 1. The molecule has 2 heterocycles. The summed E-state index contributed by atoms with van der Waals surface area (Å²) >= 11 is 0. The number of rotatable bonds is 2. The molecule has 1 atom stereocenters. The standard InChI is InChI=1S/C13H13N3O/c14-5-9-6-15-13(16-7-9)11-8-17-12-4-2-1-3-10(11)12/h1-4,6-7,11H,5,8,14H2. The van der Waals surface area contributed by atoms with Crippen LogP contribution in [0.2, 0.25) is 0 Å². The van der Waals surface area contributed by atoms with Crippen LogP contribution in [0.1, 0.15) is 22.9 Å². The first-order valence-electron chi connectivity index (χ1n) is 5.61. The molecular formula is C13H13N3O. The van der Waals surface area contributed by atoms with Crippen molar-refractivity contribution < 1.29 is 4.74 Å². The molecule has 3 rings (SSSR count). The third-order valence-electron chi connectivity index (χ3n) is 2.97. The fourth-order valence-corrected chi connectivity index (χ4v) is 2.03. The maximum atomic E-state index is 5.62. The third-order valence-corrected chi connectivity index (χ3v) is 2.97. The monoisotopic (exact) mass is 227 g/mol. The summed E-state index contributed by atoms with van der Waals surface area (Å²) in [6.45, 7) is 1.08. The van der Waals surface area contributed by atoms with E-state index in [-0.39, 0.29) is 5.92 Å². The van der Waals surface area contributed by atoms with Crippen molar-refractivity contribution in [1.29, 1.82) is 0 Å². The van der Waals surface area contributed by atoms with Gasteiger partial charge in [-0.1, -0.05) is 18.2 Å². The largest absolute Gasteiger partial charge is 0.492 e. The van der Waals surface area contributed by atoms with Crippen molar-refractivity contribution in [2.24, 2.45) is 5.73 Å². The summed E-state index contributed by atoms with van der Waals surface area (Å²) in [6.07, 6.45) is 3.56. The zero-order valence-corrected chi connectivity index (χ0v) is 9.34. The Balaban J connectivity index is 1.95. The number of ether oxygens (including phenoxy) is 1. The van der Waals surface area contributed by atoms with Gasteiger partial charge >= 0.3 is 0 Å². The van der Waals surface area contributed by atoms with Crippen LogP contribution in [0.3, 0.4) is 0 Å². The molecule has 0 bridgehead atoms. The van der Waals surface area contributed by atoms with E-state index in [0.717, 1.165) is 22.7 Å². The van der Waals surface area contributed by atoms with Crippen molar-refractivity contribution in [2.45, 2.75) is 12.5 Å². The van der Waals surface area contributed by atoms with Gasteiger partial charge in [-0.2, -0.15) is 0 Å². The zero-order chi connectivity index (χ0) is 11.7. The number of hydrogen-bond acceptors (Lipinski definition) is 4. The molecular weight excluding hydrogens is 214 g/mol. The molecule has 1 aromatic carbocycles. The molecule has 0 radical (unpaired) electrons. The lowest BCUT2D eigenvalue weighted by Crippen LogP contribution is -2.08. The summed E-state index contributed by atoms with van der Waals surface area (Å²) in [4.78, 5) is 8.72. The Kier molecular flexibility index (Phi) is 2.49. The Morgan fingerprint density at radius 3 is 2.76 bits per heavy atom. The first-order chi connectivity index (χ1) is 8.38. The molecule has 0 fully saturated rings. The second-order valence-electron chi connectivity index (χ2n) is 4.06. The quantitative estimate of drug-likeness (QED) is 0.843. The van der Waals surface area contributed by atoms with Crippen molar-refractivity contribution in [3.8, 4) is 5.75 Å². The summed E-state index contributed by atoms with van der Waals surface area (Å²) in [7, 11) is 0. The topological polar surface area (TPSA) is 61.0 Å². The Labute approximate surface area is 99.5 Å². The number of fused-ring (bicyclic) bond motifs is 1. The summed E-state index contributed by atoms with van der Waals surface area (Å²) in [5.74, 6) is 1.87. The van der Waals surface area contributed by atoms with E-state index >= 15 is 0 Å². The second kappa shape index (κ2) is 4.14. The third kappa shape index (κ3) is 1.76. The van der Waals surface area contributed by atoms with Gasteiger partial charge in [0.05, 0.1) is 5.92 Å². The molecule has 1 unspecified atom stereocenters. The molecule has 1 aliphatic heterocycles. The first-order valence-corrected chi connectivity index (χ1v) is 5.61. The van der Waals surface area contributed by atoms with Crippen LogP contribution in [0.4, 0.5) is 0 Å². The predicted molar refractivity (Wildman–Crippen MR) is 63.7 cm³/mol. The molecule has 2 N–H and O–H groups in total. The Morgan fingerprint density at radius 2 is 2.00 bits per heavy atom. The van der Waals surface area contributed by atoms with Gasteiger partial charge in [-0.05, 0) is 6.07 Å². The molecule has 0 saturated heterocycles. The minimum Gasteiger partial charge on any atom is -0.492 e. The molecule has 1 aromatic heterocycles. The summed E-state index contributed by atoms with van der Waals surface area (Å²) in [6, 6.07) is 8.02. The fraction of sp³-hybridized carbons (Fsp3) is 0.231. The molecule has 17 heavy (non-hydrogen) atoms. The van der Waals surface area contributed by atoms with Gasteiger partial charge in [-0.3, -0.25) is 0 Å². The van der Waals surface area contributed by atoms with Gasteiger partial charge in [0.15, 0.2) is 0 Å². The highest BCUT2D eigenvalue weighted by molar-refractivity contribution is 5.42. The number of aromatic nitrogens is 2. The zero-order valence-electron chi connectivity index (χ0n) is 9.34. The SMILES string of the molecule is NCc1cnc(C2COc3ccccc32)nc1. The van der Waals surface area contributed by atoms with Gasteiger partial charge in [-0.15, -0.1) is 0 Å². The van der Waals surface area contributed by atoms with Gasteiger partial charge in [-0.25, -0.2) is 9.97 Å². The lowest BCUT2D eigenvalue weighted by molar-refractivity contribution is 0.339. The molecule has 0 spiro atoms. The molecule has 2 aromatic rings. The maximum absolute atomic E-state index is 5.62. The molecule has 86 valence electrons. The van der Waals surface area contributed by atoms with E-state index in [1.54, 1.807) is 12.4 Å². The number of hydrogen-bond donors (Lipinski definition) is 1. The molecule has 0 saturated carbocycles. The molecule has 4 heteroatoms. The van der Waals surface area contributed by atoms with Crippen molar-refractivity contribution in [3.63, 3.8) is 0 Å². The van der Waals surface area contributed by atoms with Gasteiger partial charge in [0.25, 0.3) is 0 Å². The minimum atomic E-state index is 0.137. The highest BCUT2D eigenvalue weighted by Crippen LogP contribution is 2.36. The van der Waals surface area contributed by atoms with E-state index in [1.807, 2.05) is 18.2 Å². The van der Waals surface area contributed by atoms with Crippen LogP contribution in [0.25, 0.3) is 0 Å². The maximum Gasteiger partial charge on any atom is 0.139 e. The van der Waals surface area contributed by atoms with Crippen molar-refractivity contribution in [3.05, 3.63) is 53.6 Å². The minimum absolute atomic E-state index is 0.137. The van der Waals surface area contributed by atoms with Gasteiger partial charge < -0.3 is 10.5 Å². The van der Waals surface area contributed by atoms with Crippen LogP contribution in [0.15, 0.2) is 36.7 Å². The fourth-order valence-electron chi connectivity index (χ4n) is 2.03. The van der Waals surface area contributed by atoms with E-state index in [9.17, 15) is 0 Å². The van der Waals surface area contributed by atoms with Crippen molar-refractivity contribution >= 4 is 0 Å². The van der Waals surface area contributed by atoms with Crippen LogP contribution >= 0.6 is 0 Å². The molecule has 4 nitrogen and oxygen atoms in total. The van der Waals surface area contributed by atoms with E-state index < -0.39 is 0 Å². The summed E-state index contributed by atoms with van der Waals surface area (Å²) < 4.78 is 5.62. The van der Waals surface area contributed by atoms with Gasteiger partial charge in [0.2, 0.25) is 0 Å². The van der Waals surface area contributed by atoms with Gasteiger partial charge in [0.1, 0.15) is 18.2 Å². The van der Waals surface area contributed by atoms with Crippen LogP contribution in [-0.4, -0.2) is 16.6 Å². The highest BCUT2D eigenvalue weighted by atomic mass is 16.5. The van der Waals surface area contributed by atoms with Crippen molar-refractivity contribution in [1.82, 2.24) is 9.97 Å². The van der Waals surface area contributed by atoms with E-state index in [1.165, 1.54) is 0 Å². The lowest BCUT2D eigenvalue weighted by atomic mass is 10.0. The normalized spacial score (nSPS) is 17.6. The van der Waals surface area contributed by atoms with Crippen LogP contribution < -0.4 is 10.5 Å². The molecule has 0 amide bonds. The van der Waals surface area contributed by atoms with Crippen molar-refractivity contribution in [2.75, 3.05) is 6.61 Å². The summed E-state index contributed by atoms with van der Waals surface area (Å²) in [5.41, 5.74) is 7.63. The molecule has 0 aliphatic carbocycles. The Hall–Kier alpha value is -1.94. The number of nitrogens with two attached hydrogens (primary N) is 1. The first kappa shape index (κ1) is 10.2. The predicted octanol–water partition coefficient (Wildman–Crippen LogP) is 1.46. The molecule has 1 aliphatic rings. The van der Waals surface area contributed by atoms with E-state index in [2.05, 4.69) is 16.0 Å². The van der Waals surface area contributed by atoms with E-state index in [0.29, 0.717) is 13.2 Å². The van der Waals surface area contributed by atoms with Crippen LogP contribution in [0.5, 0.6) is 5.75 Å². The number of nitrogens with zero attached hydrogens (tertiary/aromatic N) is 2. The average Bonchev–Trinajstić information content (AvgIpc) is 2.83. The average molecular weight is 227 g/mol. The summed E-state index contributed by atoms with van der Waals surface area (Å²) in [5, 5.41) is 0. The van der Waals surface area contributed by atoms with Crippen LogP contribution in [-0.2, 0) is 6.54 Å². The Morgan fingerprint density at radius 1 is 1.24 bits per heavy atom. The smallest absolute Gasteiger partial charge is 0.139 e.